The number of nitrogens with zero attached hydrogens (tertiary/aromatic N) is 4. The molecule has 2 heterocycles. The highest BCUT2D eigenvalue weighted by Crippen LogP contribution is 2.22. The molecule has 1 unspecified atom stereocenters. The lowest BCUT2D eigenvalue weighted by atomic mass is 10.1. The van der Waals surface area contributed by atoms with Crippen LogP contribution in [0.4, 0.5) is 4.39 Å². The SMILES string of the molecule is CN=C(NCc1cc(F)ccc1SC)NC1CCc2nnc(C(C)C)n2C1.I. The fourth-order valence-corrected chi connectivity index (χ4v) is 3.94. The van der Waals surface area contributed by atoms with Gasteiger partial charge in [0, 0.05) is 43.4 Å². The van der Waals surface area contributed by atoms with Crippen molar-refractivity contribution in [2.75, 3.05) is 13.3 Å². The van der Waals surface area contributed by atoms with Crippen LogP contribution >= 0.6 is 35.7 Å². The number of rotatable bonds is 5. The van der Waals surface area contributed by atoms with Gasteiger partial charge in [0.05, 0.1) is 0 Å². The van der Waals surface area contributed by atoms with E-state index in [9.17, 15) is 4.39 Å². The number of halogens is 2. The van der Waals surface area contributed by atoms with E-state index in [1.54, 1.807) is 24.9 Å². The third-order valence-corrected chi connectivity index (χ3v) is 5.58. The van der Waals surface area contributed by atoms with Crippen LogP contribution < -0.4 is 10.6 Å². The molecule has 154 valence electrons. The van der Waals surface area contributed by atoms with Crippen LogP contribution in [0.15, 0.2) is 28.1 Å². The number of fused-ring (bicyclic) bond motifs is 1. The molecule has 9 heteroatoms. The molecule has 6 nitrogen and oxygen atoms in total. The molecule has 0 spiro atoms. The van der Waals surface area contributed by atoms with Crippen LogP contribution in [0, 0.1) is 5.82 Å². The second-order valence-corrected chi connectivity index (χ2v) is 7.85. The fourth-order valence-electron chi connectivity index (χ4n) is 3.35. The summed E-state index contributed by atoms with van der Waals surface area (Å²) in [6.45, 7) is 5.62. The van der Waals surface area contributed by atoms with E-state index in [0.29, 0.717) is 12.5 Å². The summed E-state index contributed by atoms with van der Waals surface area (Å²) in [4.78, 5) is 5.39. The first-order chi connectivity index (χ1) is 13.0. The van der Waals surface area contributed by atoms with Gasteiger partial charge in [0.1, 0.15) is 17.5 Å². The highest BCUT2D eigenvalue weighted by Gasteiger charge is 2.24. The maximum absolute atomic E-state index is 13.6. The van der Waals surface area contributed by atoms with Gasteiger partial charge in [-0.25, -0.2) is 4.39 Å². The van der Waals surface area contributed by atoms with Gasteiger partial charge < -0.3 is 15.2 Å². The highest BCUT2D eigenvalue weighted by molar-refractivity contribution is 14.0. The van der Waals surface area contributed by atoms with E-state index in [-0.39, 0.29) is 35.8 Å². The molecule has 28 heavy (non-hydrogen) atoms. The van der Waals surface area contributed by atoms with Crippen LogP contribution in [0.1, 0.15) is 43.4 Å². The normalized spacial score (nSPS) is 16.5. The molecule has 2 aromatic rings. The maximum atomic E-state index is 13.6. The summed E-state index contributed by atoms with van der Waals surface area (Å²) in [5, 5.41) is 15.4. The van der Waals surface area contributed by atoms with Crippen molar-refractivity contribution in [1.29, 1.82) is 0 Å². The average Bonchev–Trinajstić information content (AvgIpc) is 3.08. The zero-order valence-corrected chi connectivity index (χ0v) is 19.8. The van der Waals surface area contributed by atoms with E-state index in [1.165, 1.54) is 6.07 Å². The van der Waals surface area contributed by atoms with Gasteiger partial charge in [0.15, 0.2) is 5.96 Å². The molecule has 0 radical (unpaired) electrons. The zero-order valence-electron chi connectivity index (χ0n) is 16.7. The molecule has 1 aliphatic rings. The minimum atomic E-state index is -0.221. The van der Waals surface area contributed by atoms with Gasteiger partial charge in [0.25, 0.3) is 0 Å². The second kappa shape index (κ2) is 10.4. The Labute approximate surface area is 187 Å². The van der Waals surface area contributed by atoms with Gasteiger partial charge >= 0.3 is 0 Å². The summed E-state index contributed by atoms with van der Waals surface area (Å²) in [6, 6.07) is 5.14. The molecule has 1 aliphatic heterocycles. The lowest BCUT2D eigenvalue weighted by Crippen LogP contribution is -2.46. The maximum Gasteiger partial charge on any atom is 0.191 e. The van der Waals surface area contributed by atoms with Crippen LogP contribution in [0.25, 0.3) is 0 Å². The Morgan fingerprint density at radius 2 is 2.18 bits per heavy atom. The number of nitrogens with one attached hydrogen (secondary N) is 2. The summed E-state index contributed by atoms with van der Waals surface area (Å²) in [5.74, 6) is 2.94. The molecule has 1 aromatic heterocycles. The number of hydrogen-bond donors (Lipinski definition) is 2. The number of hydrogen-bond acceptors (Lipinski definition) is 4. The molecule has 0 amide bonds. The van der Waals surface area contributed by atoms with E-state index < -0.39 is 0 Å². The van der Waals surface area contributed by atoms with Crippen LogP contribution in [0.3, 0.4) is 0 Å². The van der Waals surface area contributed by atoms with Gasteiger partial charge in [-0.3, -0.25) is 4.99 Å². The summed E-state index contributed by atoms with van der Waals surface area (Å²) >= 11 is 1.61. The first-order valence-electron chi connectivity index (χ1n) is 9.23. The van der Waals surface area contributed by atoms with Gasteiger partial charge in [-0.15, -0.1) is 45.9 Å². The predicted molar refractivity (Wildman–Crippen MR) is 123 cm³/mol. The van der Waals surface area contributed by atoms with E-state index in [4.69, 9.17) is 0 Å². The molecule has 0 fully saturated rings. The Bertz CT molecular complexity index is 823. The number of benzene rings is 1. The first kappa shape index (κ1) is 22.9. The van der Waals surface area contributed by atoms with Gasteiger partial charge in [0.2, 0.25) is 0 Å². The Balaban J connectivity index is 0.00000280. The van der Waals surface area contributed by atoms with Gasteiger partial charge in [-0.2, -0.15) is 0 Å². The Morgan fingerprint density at radius 3 is 2.86 bits per heavy atom. The lowest BCUT2D eigenvalue weighted by molar-refractivity contribution is 0.407. The van der Waals surface area contributed by atoms with E-state index in [2.05, 4.69) is 44.2 Å². The molecule has 0 saturated heterocycles. The molecule has 0 saturated carbocycles. The lowest BCUT2D eigenvalue weighted by Gasteiger charge is -2.27. The standard InChI is InChI=1S/C19H27FN6S.HI/c1-12(2)18-25-24-17-8-6-15(11-26(17)18)23-19(21-3)22-10-13-9-14(20)5-7-16(13)27-4;/h5,7,9,12,15H,6,8,10-11H2,1-4H3,(H2,21,22,23);1H. The van der Waals surface area contributed by atoms with Gasteiger partial charge in [-0.1, -0.05) is 13.8 Å². The predicted octanol–water partition coefficient (Wildman–Crippen LogP) is 3.56. The Kier molecular flexibility index (Phi) is 8.54. The molecule has 1 aromatic carbocycles. The second-order valence-electron chi connectivity index (χ2n) is 7.00. The minimum Gasteiger partial charge on any atom is -0.352 e. The molecular weight excluding hydrogens is 490 g/mol. The van der Waals surface area contributed by atoms with Crippen molar-refractivity contribution in [1.82, 2.24) is 25.4 Å². The van der Waals surface area contributed by atoms with Crippen LogP contribution in [0.2, 0.25) is 0 Å². The third-order valence-electron chi connectivity index (χ3n) is 4.74. The molecule has 1 atom stereocenters. The quantitative estimate of drug-likeness (QED) is 0.274. The van der Waals surface area contributed by atoms with Crippen molar-refractivity contribution in [2.24, 2.45) is 4.99 Å². The van der Waals surface area contributed by atoms with Crippen LogP contribution in [-0.4, -0.2) is 40.1 Å². The van der Waals surface area contributed by atoms with Crippen LogP contribution in [0.5, 0.6) is 0 Å². The largest absolute Gasteiger partial charge is 0.352 e. The monoisotopic (exact) mass is 518 g/mol. The van der Waals surface area contributed by atoms with E-state index in [0.717, 1.165) is 47.5 Å². The summed E-state index contributed by atoms with van der Waals surface area (Å²) in [5.41, 5.74) is 0.928. The summed E-state index contributed by atoms with van der Waals surface area (Å²) in [7, 11) is 1.75. The van der Waals surface area contributed by atoms with Crippen molar-refractivity contribution >= 4 is 41.7 Å². The molecule has 0 aliphatic carbocycles. The van der Waals surface area contributed by atoms with Gasteiger partial charge in [-0.05, 0) is 36.4 Å². The first-order valence-corrected chi connectivity index (χ1v) is 10.5. The fraction of sp³-hybridized carbons (Fsp3) is 0.526. The van der Waals surface area contributed by atoms with Crippen LogP contribution in [-0.2, 0) is 19.5 Å². The number of thioether (sulfide) groups is 1. The average molecular weight is 518 g/mol. The highest BCUT2D eigenvalue weighted by atomic mass is 127. The van der Waals surface area contributed by atoms with Crippen molar-refractivity contribution < 1.29 is 4.39 Å². The van der Waals surface area contributed by atoms with Crippen molar-refractivity contribution in [2.45, 2.75) is 56.6 Å². The summed E-state index contributed by atoms with van der Waals surface area (Å²) in [6.07, 6.45) is 3.87. The number of aryl methyl sites for hydroxylation is 1. The van der Waals surface area contributed by atoms with Crippen molar-refractivity contribution in [3.8, 4) is 0 Å². The number of aromatic nitrogens is 3. The summed E-state index contributed by atoms with van der Waals surface area (Å²) < 4.78 is 15.8. The molecular formula is C19H28FIN6S. The number of aliphatic imine (C=N–C) groups is 1. The Morgan fingerprint density at radius 1 is 1.39 bits per heavy atom. The van der Waals surface area contributed by atoms with Crippen molar-refractivity contribution in [3.63, 3.8) is 0 Å². The molecule has 2 N–H and O–H groups in total. The zero-order chi connectivity index (χ0) is 19.4. The number of guanidine groups is 1. The third kappa shape index (κ3) is 5.37. The topological polar surface area (TPSA) is 67.1 Å². The van der Waals surface area contributed by atoms with E-state index >= 15 is 0 Å². The Hall–Kier alpha value is -1.36. The smallest absolute Gasteiger partial charge is 0.191 e. The van der Waals surface area contributed by atoms with Crippen molar-refractivity contribution in [3.05, 3.63) is 41.2 Å². The minimum absolute atomic E-state index is 0. The molecule has 3 rings (SSSR count). The van der Waals surface area contributed by atoms with E-state index in [1.807, 2.05) is 12.3 Å². The molecule has 0 bridgehead atoms.